The summed E-state index contributed by atoms with van der Waals surface area (Å²) in [5, 5.41) is 2.74. The van der Waals surface area contributed by atoms with Gasteiger partial charge in [-0.3, -0.25) is 4.79 Å². The molecule has 0 spiro atoms. The van der Waals surface area contributed by atoms with Gasteiger partial charge < -0.3 is 14.8 Å². The van der Waals surface area contributed by atoms with Crippen LogP contribution in [0.4, 0.5) is 18.9 Å². The Bertz CT molecular complexity index is 763. The molecule has 1 heterocycles. The van der Waals surface area contributed by atoms with Gasteiger partial charge in [0.1, 0.15) is 0 Å². The van der Waals surface area contributed by atoms with Crippen LogP contribution in [0.1, 0.15) is 11.1 Å². The molecule has 0 aromatic heterocycles. The normalized spacial score (nSPS) is 12.9. The van der Waals surface area contributed by atoms with E-state index in [0.717, 1.165) is 17.7 Å². The van der Waals surface area contributed by atoms with E-state index in [4.69, 9.17) is 9.47 Å². The third kappa shape index (κ3) is 4.60. The second kappa shape index (κ2) is 7.26. The van der Waals surface area contributed by atoms with Gasteiger partial charge in [0.15, 0.2) is 11.5 Å². The van der Waals surface area contributed by atoms with Crippen LogP contribution in [0.15, 0.2) is 42.5 Å². The lowest BCUT2D eigenvalue weighted by atomic mass is 10.1. The third-order valence-corrected chi connectivity index (χ3v) is 4.44. The van der Waals surface area contributed by atoms with Crippen LogP contribution in [0, 0.1) is 0 Å². The van der Waals surface area contributed by atoms with Gasteiger partial charge in [-0.15, -0.1) is 11.8 Å². The van der Waals surface area contributed by atoms with Gasteiger partial charge in [0.05, 0.1) is 11.3 Å². The number of carbonyl (C=O) groups excluding carboxylic acids is 1. The Labute approximate surface area is 146 Å². The van der Waals surface area contributed by atoms with Gasteiger partial charge in [0.25, 0.3) is 0 Å². The maximum Gasteiger partial charge on any atom is 0.416 e. The summed E-state index contributed by atoms with van der Waals surface area (Å²) < 4.78 is 47.9. The Balaban J connectivity index is 1.46. The standard InChI is InChI=1S/C17H14F3NO3S/c18-17(19,20)12-3-1-11(2-4-12)8-25-9-16(22)21-13-5-6-14-15(7-13)24-10-23-14/h1-7H,8-10H2,(H,21,22). The Morgan fingerprint density at radius 3 is 2.52 bits per heavy atom. The minimum Gasteiger partial charge on any atom is -0.454 e. The number of rotatable bonds is 5. The van der Waals surface area contributed by atoms with Crippen LogP contribution in [0.5, 0.6) is 11.5 Å². The second-order valence-corrected chi connectivity index (χ2v) is 6.29. The van der Waals surface area contributed by atoms with Crippen molar-refractivity contribution in [2.75, 3.05) is 17.9 Å². The Morgan fingerprint density at radius 2 is 1.80 bits per heavy atom. The van der Waals surface area contributed by atoms with E-state index in [1.54, 1.807) is 18.2 Å². The number of benzene rings is 2. The first-order valence-corrected chi connectivity index (χ1v) is 8.51. The molecular formula is C17H14F3NO3S. The Morgan fingerprint density at radius 1 is 1.08 bits per heavy atom. The number of ether oxygens (including phenoxy) is 2. The van der Waals surface area contributed by atoms with Crippen LogP contribution in [0.3, 0.4) is 0 Å². The highest BCUT2D eigenvalue weighted by atomic mass is 32.2. The lowest BCUT2D eigenvalue weighted by molar-refractivity contribution is -0.137. The maximum atomic E-state index is 12.5. The summed E-state index contributed by atoms with van der Waals surface area (Å²) in [5.41, 5.74) is 0.653. The largest absolute Gasteiger partial charge is 0.454 e. The number of anilines is 1. The zero-order valence-corrected chi connectivity index (χ0v) is 13.7. The summed E-state index contributed by atoms with van der Waals surface area (Å²) in [6.07, 6.45) is -4.34. The number of hydrogen-bond acceptors (Lipinski definition) is 4. The Hall–Kier alpha value is -2.35. The molecule has 25 heavy (non-hydrogen) atoms. The molecule has 0 fully saturated rings. The summed E-state index contributed by atoms with van der Waals surface area (Å²) in [6.45, 7) is 0.162. The average Bonchev–Trinajstić information content (AvgIpc) is 3.02. The van der Waals surface area contributed by atoms with Crippen LogP contribution in [-0.2, 0) is 16.7 Å². The van der Waals surface area contributed by atoms with Crippen LogP contribution < -0.4 is 14.8 Å². The quantitative estimate of drug-likeness (QED) is 0.853. The molecule has 1 amide bonds. The molecule has 0 aliphatic carbocycles. The molecule has 0 radical (unpaired) electrons. The van der Waals surface area contributed by atoms with Gasteiger partial charge in [-0.1, -0.05) is 12.1 Å². The minimum absolute atomic E-state index is 0.162. The predicted molar refractivity (Wildman–Crippen MR) is 88.8 cm³/mol. The van der Waals surface area contributed by atoms with Crippen molar-refractivity contribution >= 4 is 23.4 Å². The zero-order chi connectivity index (χ0) is 17.9. The smallest absolute Gasteiger partial charge is 0.416 e. The van der Waals surface area contributed by atoms with Crippen molar-refractivity contribution in [3.63, 3.8) is 0 Å². The molecule has 1 aliphatic rings. The monoisotopic (exact) mass is 369 g/mol. The molecule has 1 aliphatic heterocycles. The molecule has 1 N–H and O–H groups in total. The first-order chi connectivity index (χ1) is 11.9. The van der Waals surface area contributed by atoms with E-state index in [-0.39, 0.29) is 18.5 Å². The highest BCUT2D eigenvalue weighted by Gasteiger charge is 2.29. The highest BCUT2D eigenvalue weighted by Crippen LogP contribution is 2.34. The first-order valence-electron chi connectivity index (χ1n) is 7.35. The summed E-state index contributed by atoms with van der Waals surface area (Å²) in [7, 11) is 0. The van der Waals surface area contributed by atoms with E-state index < -0.39 is 11.7 Å². The van der Waals surface area contributed by atoms with E-state index in [1.807, 2.05) is 0 Å². The number of hydrogen-bond donors (Lipinski definition) is 1. The summed E-state index contributed by atoms with van der Waals surface area (Å²) >= 11 is 1.32. The van der Waals surface area contributed by atoms with E-state index >= 15 is 0 Å². The van der Waals surface area contributed by atoms with Crippen molar-refractivity contribution in [2.24, 2.45) is 0 Å². The van der Waals surface area contributed by atoms with Gasteiger partial charge >= 0.3 is 6.18 Å². The van der Waals surface area contributed by atoms with E-state index in [1.165, 1.54) is 23.9 Å². The van der Waals surface area contributed by atoms with Gasteiger partial charge in [-0.2, -0.15) is 13.2 Å². The van der Waals surface area contributed by atoms with Crippen molar-refractivity contribution in [2.45, 2.75) is 11.9 Å². The molecular weight excluding hydrogens is 355 g/mol. The summed E-state index contributed by atoms with van der Waals surface area (Å²) in [5.74, 6) is 1.66. The number of amides is 1. The number of carbonyl (C=O) groups is 1. The molecule has 2 aromatic carbocycles. The van der Waals surface area contributed by atoms with Crippen molar-refractivity contribution in [3.05, 3.63) is 53.6 Å². The van der Waals surface area contributed by atoms with Crippen LogP contribution in [0.25, 0.3) is 0 Å². The molecule has 0 atom stereocenters. The minimum atomic E-state index is -4.34. The van der Waals surface area contributed by atoms with Gasteiger partial charge in [0, 0.05) is 17.5 Å². The molecule has 0 unspecified atom stereocenters. The lowest BCUT2D eigenvalue weighted by Gasteiger charge is -2.08. The van der Waals surface area contributed by atoms with Crippen molar-refractivity contribution in [1.82, 2.24) is 0 Å². The summed E-state index contributed by atoms with van der Waals surface area (Å²) in [6, 6.07) is 10.0. The SMILES string of the molecule is O=C(CSCc1ccc(C(F)(F)F)cc1)Nc1ccc2c(c1)OCO2. The molecule has 0 saturated carbocycles. The van der Waals surface area contributed by atoms with Crippen LogP contribution >= 0.6 is 11.8 Å². The topological polar surface area (TPSA) is 47.6 Å². The number of halogens is 3. The van der Waals surface area contributed by atoms with E-state index in [0.29, 0.717) is 22.9 Å². The number of nitrogens with one attached hydrogen (secondary N) is 1. The third-order valence-electron chi connectivity index (χ3n) is 3.44. The molecule has 8 heteroatoms. The zero-order valence-electron chi connectivity index (χ0n) is 12.9. The van der Waals surface area contributed by atoms with Gasteiger partial charge in [-0.05, 0) is 29.8 Å². The molecule has 0 saturated heterocycles. The predicted octanol–water partition coefficient (Wildman–Crippen LogP) is 4.31. The first kappa shape index (κ1) is 17.5. The van der Waals surface area contributed by atoms with Crippen molar-refractivity contribution in [3.8, 4) is 11.5 Å². The van der Waals surface area contributed by atoms with Gasteiger partial charge in [-0.25, -0.2) is 0 Å². The second-order valence-electron chi connectivity index (χ2n) is 5.30. The number of fused-ring (bicyclic) bond motifs is 1. The van der Waals surface area contributed by atoms with E-state index in [2.05, 4.69) is 5.32 Å². The molecule has 3 rings (SSSR count). The Kier molecular flexibility index (Phi) is 5.08. The van der Waals surface area contributed by atoms with Crippen LogP contribution in [-0.4, -0.2) is 18.5 Å². The van der Waals surface area contributed by atoms with Crippen molar-refractivity contribution < 1.29 is 27.4 Å². The fourth-order valence-electron chi connectivity index (χ4n) is 2.22. The fourth-order valence-corrected chi connectivity index (χ4v) is 3.01. The molecule has 132 valence electrons. The maximum absolute atomic E-state index is 12.5. The van der Waals surface area contributed by atoms with Gasteiger partial charge in [0.2, 0.25) is 12.7 Å². The summed E-state index contributed by atoms with van der Waals surface area (Å²) in [4.78, 5) is 11.9. The highest BCUT2D eigenvalue weighted by molar-refractivity contribution is 7.99. The number of thioether (sulfide) groups is 1. The van der Waals surface area contributed by atoms with E-state index in [9.17, 15) is 18.0 Å². The molecule has 2 aromatic rings. The molecule has 4 nitrogen and oxygen atoms in total. The average molecular weight is 369 g/mol. The van der Waals surface area contributed by atoms with Crippen molar-refractivity contribution in [1.29, 1.82) is 0 Å². The molecule has 0 bridgehead atoms. The fraction of sp³-hybridized carbons (Fsp3) is 0.235. The van der Waals surface area contributed by atoms with Crippen LogP contribution in [0.2, 0.25) is 0 Å². The lowest BCUT2D eigenvalue weighted by Crippen LogP contribution is -2.14. The number of alkyl halides is 3.